The first-order chi connectivity index (χ1) is 18.0. The van der Waals surface area contributed by atoms with E-state index in [9.17, 15) is 9.59 Å². The van der Waals surface area contributed by atoms with E-state index < -0.39 is 5.97 Å². The molecule has 0 radical (unpaired) electrons. The van der Waals surface area contributed by atoms with E-state index in [0.717, 1.165) is 41.0 Å². The van der Waals surface area contributed by atoms with Crippen LogP contribution in [0.25, 0.3) is 11.8 Å². The lowest BCUT2D eigenvalue weighted by Crippen LogP contribution is -2.39. The van der Waals surface area contributed by atoms with E-state index in [-0.39, 0.29) is 11.6 Å². The van der Waals surface area contributed by atoms with Crippen LogP contribution < -0.4 is 24.4 Å². The van der Waals surface area contributed by atoms with Crippen molar-refractivity contribution in [2.24, 2.45) is 4.99 Å². The fourth-order valence-electron chi connectivity index (χ4n) is 5.18. The molecule has 2 aliphatic rings. The predicted octanol–water partition coefficient (Wildman–Crippen LogP) is 4.25. The highest BCUT2D eigenvalue weighted by atomic mass is 32.1. The maximum absolute atomic E-state index is 14.0. The van der Waals surface area contributed by atoms with Gasteiger partial charge in [0.05, 0.1) is 23.4 Å². The molecule has 2 heterocycles. The zero-order valence-corrected chi connectivity index (χ0v) is 21.2. The number of allylic oxidation sites excluding steroid dienone is 1. The quantitative estimate of drug-likeness (QED) is 0.305. The molecule has 6 rings (SSSR count). The number of hydrogen-bond acceptors (Lipinski definition) is 6. The standard InChI is InChI=1S/C30H24N2O4S/c1-18(33)36-24-13-7-4-10-20(24)17-26-29(34)32-28(22-12-6-8-14-25(22)35-2)23-16-15-19-9-3-5-11-21(19)27(23)31-30(32)37-26/h3-14,17,28H,15-16H2,1-2H3/b26-17+/t28-/m0/s1. The molecule has 37 heavy (non-hydrogen) atoms. The van der Waals surface area contributed by atoms with E-state index in [0.29, 0.717) is 20.6 Å². The third-order valence-corrected chi connectivity index (χ3v) is 7.75. The van der Waals surface area contributed by atoms with Gasteiger partial charge < -0.3 is 9.47 Å². The van der Waals surface area contributed by atoms with E-state index in [1.807, 2.05) is 42.5 Å². The molecule has 1 aliphatic carbocycles. The van der Waals surface area contributed by atoms with Gasteiger partial charge in [0.2, 0.25) is 0 Å². The van der Waals surface area contributed by atoms with Crippen LogP contribution in [0.15, 0.2) is 88.2 Å². The van der Waals surface area contributed by atoms with Crippen LogP contribution in [0.5, 0.6) is 11.5 Å². The Morgan fingerprint density at radius 1 is 1.00 bits per heavy atom. The van der Waals surface area contributed by atoms with Crippen LogP contribution in [0.2, 0.25) is 0 Å². The van der Waals surface area contributed by atoms with Crippen molar-refractivity contribution < 1.29 is 14.3 Å². The van der Waals surface area contributed by atoms with Crippen LogP contribution in [0.1, 0.15) is 41.6 Å². The molecule has 0 N–H and O–H groups in total. The molecular formula is C30H24N2O4S. The number of esters is 1. The molecule has 0 amide bonds. The summed E-state index contributed by atoms with van der Waals surface area (Å²) in [5, 5.41) is 0. The fraction of sp³-hybridized carbons (Fsp3) is 0.167. The number of benzene rings is 3. The van der Waals surface area contributed by atoms with Crippen molar-refractivity contribution in [3.05, 3.63) is 120 Å². The minimum absolute atomic E-state index is 0.136. The van der Waals surface area contributed by atoms with Gasteiger partial charge in [0.15, 0.2) is 4.80 Å². The van der Waals surface area contributed by atoms with E-state index in [4.69, 9.17) is 14.5 Å². The number of carbonyl (C=O) groups is 1. The molecule has 0 bridgehead atoms. The normalized spacial score (nSPS) is 16.4. The van der Waals surface area contributed by atoms with Gasteiger partial charge in [0, 0.05) is 23.6 Å². The van der Waals surface area contributed by atoms with Gasteiger partial charge in [-0.2, -0.15) is 0 Å². The summed E-state index contributed by atoms with van der Waals surface area (Å²) in [4.78, 5) is 31.3. The van der Waals surface area contributed by atoms with Gasteiger partial charge in [0.1, 0.15) is 11.5 Å². The fourth-order valence-corrected chi connectivity index (χ4v) is 6.17. The number of rotatable bonds is 4. The lowest BCUT2D eigenvalue weighted by Gasteiger charge is -2.31. The lowest BCUT2D eigenvalue weighted by molar-refractivity contribution is -0.131. The number of aryl methyl sites for hydroxylation is 1. The molecule has 0 unspecified atom stereocenters. The molecule has 4 aromatic rings. The Kier molecular flexibility index (Phi) is 5.85. The van der Waals surface area contributed by atoms with Crippen molar-refractivity contribution in [3.8, 4) is 11.5 Å². The van der Waals surface area contributed by atoms with Crippen molar-refractivity contribution in [3.63, 3.8) is 0 Å². The average molecular weight is 509 g/mol. The van der Waals surface area contributed by atoms with Crippen LogP contribution in [0.3, 0.4) is 0 Å². The van der Waals surface area contributed by atoms with Gasteiger partial charge in [-0.05, 0) is 42.2 Å². The van der Waals surface area contributed by atoms with Crippen molar-refractivity contribution >= 4 is 29.1 Å². The van der Waals surface area contributed by atoms with Gasteiger partial charge in [0.25, 0.3) is 5.56 Å². The summed E-state index contributed by atoms with van der Waals surface area (Å²) in [7, 11) is 1.65. The Labute approximate surface area is 217 Å². The lowest BCUT2D eigenvalue weighted by atomic mass is 9.83. The first-order valence-corrected chi connectivity index (χ1v) is 12.9. The van der Waals surface area contributed by atoms with E-state index >= 15 is 0 Å². The smallest absolute Gasteiger partial charge is 0.308 e. The average Bonchev–Trinajstić information content (AvgIpc) is 3.22. The summed E-state index contributed by atoms with van der Waals surface area (Å²) >= 11 is 1.34. The first-order valence-electron chi connectivity index (χ1n) is 12.1. The number of para-hydroxylation sites is 2. The van der Waals surface area contributed by atoms with Gasteiger partial charge in [-0.15, -0.1) is 0 Å². The number of hydrogen-bond donors (Lipinski definition) is 0. The molecule has 1 aliphatic heterocycles. The molecule has 0 fully saturated rings. The second-order valence-electron chi connectivity index (χ2n) is 8.99. The molecule has 3 aromatic carbocycles. The number of fused-ring (bicyclic) bond motifs is 3. The highest BCUT2D eigenvalue weighted by Gasteiger charge is 2.34. The Hall–Kier alpha value is -4.23. The summed E-state index contributed by atoms with van der Waals surface area (Å²) in [6, 6.07) is 23.1. The molecule has 0 saturated heterocycles. The van der Waals surface area contributed by atoms with E-state index in [1.165, 1.54) is 23.8 Å². The largest absolute Gasteiger partial charge is 0.496 e. The van der Waals surface area contributed by atoms with Crippen molar-refractivity contribution in [2.45, 2.75) is 25.8 Å². The highest BCUT2D eigenvalue weighted by molar-refractivity contribution is 7.07. The number of methoxy groups -OCH3 is 1. The molecule has 184 valence electrons. The number of carbonyl (C=O) groups excluding carboxylic acids is 1. The highest BCUT2D eigenvalue weighted by Crippen LogP contribution is 2.43. The molecule has 6 nitrogen and oxygen atoms in total. The summed E-state index contributed by atoms with van der Waals surface area (Å²) < 4.78 is 13.4. The summed E-state index contributed by atoms with van der Waals surface area (Å²) in [6.45, 7) is 1.36. The second-order valence-corrected chi connectivity index (χ2v) is 10.00. The zero-order valence-electron chi connectivity index (χ0n) is 20.4. The molecule has 1 atom stereocenters. The van der Waals surface area contributed by atoms with E-state index in [1.54, 1.807) is 29.9 Å². The predicted molar refractivity (Wildman–Crippen MR) is 143 cm³/mol. The minimum Gasteiger partial charge on any atom is -0.496 e. The van der Waals surface area contributed by atoms with Crippen LogP contribution >= 0.6 is 11.3 Å². The van der Waals surface area contributed by atoms with Crippen molar-refractivity contribution in [1.29, 1.82) is 0 Å². The third kappa shape index (κ3) is 4.01. The van der Waals surface area contributed by atoms with Gasteiger partial charge >= 0.3 is 5.97 Å². The molecule has 0 saturated carbocycles. The number of ether oxygens (including phenoxy) is 2. The van der Waals surface area contributed by atoms with Gasteiger partial charge in [-0.3, -0.25) is 14.2 Å². The maximum atomic E-state index is 14.0. The third-order valence-electron chi connectivity index (χ3n) is 6.77. The van der Waals surface area contributed by atoms with E-state index in [2.05, 4.69) is 18.2 Å². The number of thiazole rings is 1. The van der Waals surface area contributed by atoms with Gasteiger partial charge in [-0.1, -0.05) is 72.0 Å². The van der Waals surface area contributed by atoms with Crippen LogP contribution in [0, 0.1) is 0 Å². The first kappa shape index (κ1) is 23.2. The topological polar surface area (TPSA) is 69.9 Å². The maximum Gasteiger partial charge on any atom is 0.308 e. The molecule has 1 aromatic heterocycles. The summed E-state index contributed by atoms with van der Waals surface area (Å²) in [5.74, 6) is 0.732. The zero-order chi connectivity index (χ0) is 25.5. The minimum atomic E-state index is -0.412. The van der Waals surface area contributed by atoms with Crippen LogP contribution in [-0.2, 0) is 11.2 Å². The van der Waals surface area contributed by atoms with Crippen molar-refractivity contribution in [2.75, 3.05) is 7.11 Å². The monoisotopic (exact) mass is 508 g/mol. The number of aromatic nitrogens is 1. The van der Waals surface area contributed by atoms with Crippen LogP contribution in [0.4, 0.5) is 0 Å². The van der Waals surface area contributed by atoms with Crippen LogP contribution in [-0.4, -0.2) is 17.6 Å². The molecular weight excluding hydrogens is 484 g/mol. The Bertz CT molecular complexity index is 1760. The summed E-state index contributed by atoms with van der Waals surface area (Å²) in [5.41, 5.74) is 5.88. The number of nitrogens with zero attached hydrogens (tertiary/aromatic N) is 2. The molecule has 0 spiro atoms. The second kappa shape index (κ2) is 9.33. The Morgan fingerprint density at radius 3 is 2.54 bits per heavy atom. The SMILES string of the molecule is COc1ccccc1[C@H]1C2=C(N=c3s/c(=C/c4ccccc4OC(C)=O)c(=O)n31)c1ccccc1CC2. The molecule has 7 heteroatoms. The Balaban J connectivity index is 1.62. The van der Waals surface area contributed by atoms with Crippen molar-refractivity contribution in [1.82, 2.24) is 4.57 Å². The van der Waals surface area contributed by atoms with Gasteiger partial charge in [-0.25, -0.2) is 4.99 Å². The summed E-state index contributed by atoms with van der Waals surface area (Å²) in [6.07, 6.45) is 3.46. The Morgan fingerprint density at radius 2 is 1.73 bits per heavy atom.